The first-order valence-corrected chi connectivity index (χ1v) is 9.43. The third kappa shape index (κ3) is 5.35. The Labute approximate surface area is 139 Å². The smallest absolute Gasteiger partial charge is 0.240 e. The van der Waals surface area contributed by atoms with Crippen LogP contribution in [-0.2, 0) is 14.8 Å². The topological polar surface area (TPSA) is 101 Å². The Balaban J connectivity index is 1.73. The lowest BCUT2D eigenvalue weighted by Crippen LogP contribution is -2.39. The molecule has 122 valence electrons. The van der Waals surface area contributed by atoms with Crippen LogP contribution in [0.15, 0.2) is 33.6 Å². The maximum atomic E-state index is 12.0. The lowest BCUT2D eigenvalue weighted by molar-refractivity contribution is -0.121. The molecule has 6 nitrogen and oxygen atoms in total. The molecule has 0 spiro atoms. The lowest BCUT2D eigenvalue weighted by atomic mass is 10.2. The summed E-state index contributed by atoms with van der Waals surface area (Å²) in [5.74, 6) is 0.323. The van der Waals surface area contributed by atoms with Crippen molar-refractivity contribution in [1.82, 2.24) is 10.0 Å². The van der Waals surface area contributed by atoms with E-state index in [1.165, 1.54) is 12.1 Å². The Morgan fingerprint density at radius 2 is 2.14 bits per heavy atom. The molecule has 1 aliphatic rings. The number of rotatable bonds is 8. The number of amides is 1. The molecule has 0 radical (unpaired) electrons. The van der Waals surface area contributed by atoms with E-state index in [0.29, 0.717) is 16.9 Å². The van der Waals surface area contributed by atoms with E-state index < -0.39 is 10.0 Å². The molecule has 4 N–H and O–H groups in total. The molecule has 1 atom stereocenters. The first kappa shape index (κ1) is 17.4. The Hall–Kier alpha value is -0.960. The molecule has 0 aromatic heterocycles. The van der Waals surface area contributed by atoms with Gasteiger partial charge in [-0.05, 0) is 37.0 Å². The van der Waals surface area contributed by atoms with Gasteiger partial charge in [0.25, 0.3) is 0 Å². The summed E-state index contributed by atoms with van der Waals surface area (Å²) >= 11 is 3.23. The van der Waals surface area contributed by atoms with E-state index in [1.54, 1.807) is 12.1 Å². The fourth-order valence-corrected chi connectivity index (χ4v) is 3.66. The third-order valence-corrected chi connectivity index (χ3v) is 5.46. The van der Waals surface area contributed by atoms with Crippen molar-refractivity contribution in [2.75, 3.05) is 13.1 Å². The Kier molecular flexibility index (Phi) is 5.96. The highest BCUT2D eigenvalue weighted by atomic mass is 79.9. The Bertz CT molecular complexity index is 632. The van der Waals surface area contributed by atoms with Crippen LogP contribution >= 0.6 is 15.9 Å². The quantitative estimate of drug-likeness (QED) is 0.616. The van der Waals surface area contributed by atoms with Gasteiger partial charge in [-0.25, -0.2) is 13.1 Å². The highest BCUT2D eigenvalue weighted by Gasteiger charge is 2.28. The van der Waals surface area contributed by atoms with Crippen molar-refractivity contribution in [2.45, 2.75) is 30.2 Å². The molecule has 2 rings (SSSR count). The van der Waals surface area contributed by atoms with Gasteiger partial charge in [0.05, 0.1) is 4.90 Å². The Morgan fingerprint density at radius 3 is 2.77 bits per heavy atom. The molecule has 22 heavy (non-hydrogen) atoms. The van der Waals surface area contributed by atoms with Crippen LogP contribution < -0.4 is 15.8 Å². The van der Waals surface area contributed by atoms with Gasteiger partial charge in [-0.2, -0.15) is 0 Å². The largest absolute Gasteiger partial charge is 0.354 e. The molecular formula is C14H20BrN3O3S. The second-order valence-corrected chi connectivity index (χ2v) is 8.09. The summed E-state index contributed by atoms with van der Waals surface area (Å²) in [6.07, 6.45) is 2.34. The molecule has 0 aliphatic heterocycles. The zero-order chi connectivity index (χ0) is 16.2. The van der Waals surface area contributed by atoms with Gasteiger partial charge in [-0.1, -0.05) is 22.0 Å². The number of sulfonamides is 1. The molecule has 1 fully saturated rings. The Morgan fingerprint density at radius 1 is 1.41 bits per heavy atom. The fourth-order valence-electron chi connectivity index (χ4n) is 2.03. The van der Waals surface area contributed by atoms with E-state index in [4.69, 9.17) is 5.73 Å². The van der Waals surface area contributed by atoms with Gasteiger partial charge in [0.2, 0.25) is 15.9 Å². The summed E-state index contributed by atoms with van der Waals surface area (Å²) in [4.78, 5) is 11.8. The molecule has 1 saturated carbocycles. The van der Waals surface area contributed by atoms with Crippen LogP contribution in [0.5, 0.6) is 0 Å². The number of hydrogen-bond acceptors (Lipinski definition) is 4. The molecule has 1 aromatic rings. The number of nitrogens with one attached hydrogen (secondary N) is 2. The highest BCUT2D eigenvalue weighted by molar-refractivity contribution is 9.10. The van der Waals surface area contributed by atoms with Crippen LogP contribution in [0.1, 0.15) is 19.3 Å². The van der Waals surface area contributed by atoms with Crippen molar-refractivity contribution in [2.24, 2.45) is 11.7 Å². The number of carbonyl (C=O) groups is 1. The molecular weight excluding hydrogens is 370 g/mol. The summed E-state index contributed by atoms with van der Waals surface area (Å²) in [7, 11) is -3.60. The van der Waals surface area contributed by atoms with E-state index in [1.807, 2.05) is 0 Å². The standard InChI is InChI=1S/C14H20BrN3O3S/c15-11-2-1-3-12(8-11)22(20,21)18-7-6-14(19)17-9-13(16)10-4-5-10/h1-3,8,10,13,18H,4-7,9,16H2,(H,17,19). The summed E-state index contributed by atoms with van der Waals surface area (Å²) in [6.45, 7) is 0.501. The average molecular weight is 390 g/mol. The molecule has 1 unspecified atom stereocenters. The van der Waals surface area contributed by atoms with Gasteiger partial charge in [0.1, 0.15) is 0 Å². The van der Waals surface area contributed by atoms with Gasteiger partial charge < -0.3 is 11.1 Å². The van der Waals surface area contributed by atoms with Crippen molar-refractivity contribution >= 4 is 31.9 Å². The first-order chi connectivity index (χ1) is 10.4. The zero-order valence-corrected chi connectivity index (χ0v) is 14.5. The summed E-state index contributed by atoms with van der Waals surface area (Å²) < 4.78 is 27.2. The normalized spacial score (nSPS) is 16.3. The number of halogens is 1. The van der Waals surface area contributed by atoms with Crippen LogP contribution in [0.2, 0.25) is 0 Å². The van der Waals surface area contributed by atoms with E-state index in [9.17, 15) is 13.2 Å². The molecule has 0 heterocycles. The fraction of sp³-hybridized carbons (Fsp3) is 0.500. The van der Waals surface area contributed by atoms with Gasteiger partial charge in [0.15, 0.2) is 0 Å². The maximum Gasteiger partial charge on any atom is 0.240 e. The number of nitrogens with two attached hydrogens (primary N) is 1. The molecule has 0 saturated heterocycles. The highest BCUT2D eigenvalue weighted by Crippen LogP contribution is 2.31. The number of benzene rings is 1. The van der Waals surface area contributed by atoms with E-state index >= 15 is 0 Å². The minimum atomic E-state index is -3.60. The minimum Gasteiger partial charge on any atom is -0.354 e. The SMILES string of the molecule is NC(CNC(=O)CCNS(=O)(=O)c1cccc(Br)c1)C1CC1. The summed E-state index contributed by atoms with van der Waals surface area (Å²) in [6, 6.07) is 6.40. The molecule has 1 amide bonds. The number of hydrogen-bond donors (Lipinski definition) is 3. The van der Waals surface area contributed by atoms with Crippen LogP contribution in [-0.4, -0.2) is 33.5 Å². The van der Waals surface area contributed by atoms with Crippen LogP contribution in [0.25, 0.3) is 0 Å². The van der Waals surface area contributed by atoms with E-state index in [-0.39, 0.29) is 29.8 Å². The monoisotopic (exact) mass is 389 g/mol. The van der Waals surface area contributed by atoms with Crippen molar-refractivity contribution in [3.8, 4) is 0 Å². The lowest BCUT2D eigenvalue weighted by Gasteiger charge is -2.12. The molecule has 1 aliphatic carbocycles. The van der Waals surface area contributed by atoms with Crippen molar-refractivity contribution < 1.29 is 13.2 Å². The van der Waals surface area contributed by atoms with Crippen molar-refractivity contribution in [1.29, 1.82) is 0 Å². The van der Waals surface area contributed by atoms with Gasteiger partial charge >= 0.3 is 0 Å². The third-order valence-electron chi connectivity index (χ3n) is 3.51. The second kappa shape index (κ2) is 7.54. The van der Waals surface area contributed by atoms with Crippen LogP contribution in [0.4, 0.5) is 0 Å². The van der Waals surface area contributed by atoms with Gasteiger partial charge in [-0.3, -0.25) is 4.79 Å². The summed E-state index contributed by atoms with van der Waals surface area (Å²) in [5, 5.41) is 2.73. The zero-order valence-electron chi connectivity index (χ0n) is 12.1. The molecule has 0 bridgehead atoms. The average Bonchev–Trinajstić information content (AvgIpc) is 3.29. The number of carbonyl (C=O) groups excluding carboxylic acids is 1. The first-order valence-electron chi connectivity index (χ1n) is 7.16. The van der Waals surface area contributed by atoms with Crippen LogP contribution in [0, 0.1) is 5.92 Å². The predicted octanol–water partition coefficient (Wildman–Crippen LogP) is 0.971. The minimum absolute atomic E-state index is 0.00214. The van der Waals surface area contributed by atoms with Crippen molar-refractivity contribution in [3.05, 3.63) is 28.7 Å². The van der Waals surface area contributed by atoms with E-state index in [2.05, 4.69) is 26.0 Å². The summed E-state index contributed by atoms with van der Waals surface area (Å²) in [5.41, 5.74) is 5.88. The van der Waals surface area contributed by atoms with E-state index in [0.717, 1.165) is 12.8 Å². The molecule has 8 heteroatoms. The van der Waals surface area contributed by atoms with Gasteiger partial charge in [-0.15, -0.1) is 0 Å². The van der Waals surface area contributed by atoms with Crippen molar-refractivity contribution in [3.63, 3.8) is 0 Å². The maximum absolute atomic E-state index is 12.0. The van der Waals surface area contributed by atoms with Crippen LogP contribution in [0.3, 0.4) is 0 Å². The van der Waals surface area contributed by atoms with Gasteiger partial charge in [0, 0.05) is 30.0 Å². The molecule has 1 aromatic carbocycles. The predicted molar refractivity (Wildman–Crippen MR) is 87.7 cm³/mol. The second-order valence-electron chi connectivity index (χ2n) is 5.41.